The highest BCUT2D eigenvalue weighted by Crippen LogP contribution is 2.25. The van der Waals surface area contributed by atoms with Crippen LogP contribution in [0.2, 0.25) is 0 Å². The molecule has 104 valence electrons. The number of nitrogens with one attached hydrogen (secondary N) is 1. The molecule has 0 amide bonds. The van der Waals surface area contributed by atoms with Gasteiger partial charge in [-0.3, -0.25) is 9.68 Å². The van der Waals surface area contributed by atoms with Crippen LogP contribution in [0, 0.1) is 0 Å². The molecule has 0 spiro atoms. The van der Waals surface area contributed by atoms with Crippen LogP contribution >= 0.6 is 7.82 Å². The van der Waals surface area contributed by atoms with Crippen molar-refractivity contribution in [3.63, 3.8) is 0 Å². The van der Waals surface area contributed by atoms with Crippen LogP contribution in [0.1, 0.15) is 11.1 Å². The molecule has 0 aliphatic heterocycles. The summed E-state index contributed by atoms with van der Waals surface area (Å²) < 4.78 is 8.88. The summed E-state index contributed by atoms with van der Waals surface area (Å²) >= 11 is 0. The van der Waals surface area contributed by atoms with Crippen molar-refractivity contribution in [3.8, 4) is 0 Å². The summed E-state index contributed by atoms with van der Waals surface area (Å²) in [6.07, 6.45) is 2.53. The molecule has 0 fully saturated rings. The lowest BCUT2D eigenvalue weighted by Crippen LogP contribution is -2.07. The third-order valence-corrected chi connectivity index (χ3v) is 1.89. The summed E-state index contributed by atoms with van der Waals surface area (Å²) in [4.78, 5) is 30.0. The minimum absolute atomic E-state index is 1.27. The zero-order valence-electron chi connectivity index (χ0n) is 10.2. The Hall–Kier alpha value is -0.790. The van der Waals surface area contributed by atoms with Crippen LogP contribution in [0.15, 0.2) is 24.3 Å². The predicted molar refractivity (Wildman–Crippen MR) is 65.3 cm³/mol. The molecular weight excluding hydrogens is 261 g/mol. The van der Waals surface area contributed by atoms with Crippen LogP contribution in [0.5, 0.6) is 0 Å². The van der Waals surface area contributed by atoms with Crippen molar-refractivity contribution in [1.29, 1.82) is 0 Å². The van der Waals surface area contributed by atoms with Crippen LogP contribution in [-0.2, 0) is 27.1 Å². The summed E-state index contributed by atoms with van der Waals surface area (Å²) in [5.41, 5.74) is 5.08. The normalized spacial score (nSPS) is 12.1. The first-order valence-corrected chi connectivity index (χ1v) is 6.60. The van der Waals surface area contributed by atoms with Crippen molar-refractivity contribution in [1.82, 2.24) is 5.64 Å². The van der Waals surface area contributed by atoms with Crippen molar-refractivity contribution in [2.75, 3.05) is 14.2 Å². The molecule has 0 heterocycles. The Bertz CT molecular complexity index is 330. The van der Waals surface area contributed by atoms with Crippen LogP contribution in [0.3, 0.4) is 0 Å². The minimum Gasteiger partial charge on any atom is -0.303 e. The Kier molecular flexibility index (Phi) is 8.78. The maximum absolute atomic E-state index is 8.88. The van der Waals surface area contributed by atoms with Gasteiger partial charge < -0.3 is 14.7 Å². The van der Waals surface area contributed by atoms with Gasteiger partial charge in [0.15, 0.2) is 0 Å². The first-order valence-electron chi connectivity index (χ1n) is 5.04. The summed E-state index contributed by atoms with van der Waals surface area (Å²) in [6.45, 7) is 0. The summed E-state index contributed by atoms with van der Waals surface area (Å²) in [5.74, 6) is 0. The van der Waals surface area contributed by atoms with Gasteiger partial charge in [-0.05, 0) is 24.0 Å². The number of aryl methyl sites for hydroxylation is 2. The quantitative estimate of drug-likeness (QED) is 0.462. The molecule has 0 radical (unpaired) electrons. The van der Waals surface area contributed by atoms with Gasteiger partial charge in [-0.25, -0.2) is 4.57 Å². The van der Waals surface area contributed by atoms with E-state index in [0.29, 0.717) is 0 Å². The minimum atomic E-state index is -4.64. The zero-order valence-corrected chi connectivity index (χ0v) is 11.1. The summed E-state index contributed by atoms with van der Waals surface area (Å²) in [6, 6.07) is 8.83. The first kappa shape index (κ1) is 17.2. The molecule has 0 saturated carbocycles. The third-order valence-electron chi connectivity index (χ3n) is 1.89. The molecule has 0 unspecified atom stereocenters. The molecule has 3 rings (SSSR count). The van der Waals surface area contributed by atoms with Crippen molar-refractivity contribution in [2.45, 2.75) is 12.8 Å². The van der Waals surface area contributed by atoms with E-state index in [1.807, 2.05) is 0 Å². The molecule has 4 N–H and O–H groups in total. The van der Waals surface area contributed by atoms with Crippen molar-refractivity contribution in [3.05, 3.63) is 35.4 Å². The lowest BCUT2D eigenvalue weighted by molar-refractivity contribution is -0.130. The highest BCUT2D eigenvalue weighted by molar-refractivity contribution is 7.45. The lowest BCUT2D eigenvalue weighted by atomic mass is 9.97. The smallest absolute Gasteiger partial charge is 0.303 e. The van der Waals surface area contributed by atoms with Gasteiger partial charge in [0.25, 0.3) is 0 Å². The molecule has 1 aromatic rings. The van der Waals surface area contributed by atoms with E-state index in [9.17, 15) is 0 Å². The monoisotopic (exact) mass is 279 g/mol. The number of fused-ring (bicyclic) bond motifs is 3. The largest absolute Gasteiger partial charge is 0.466 e. The van der Waals surface area contributed by atoms with Crippen molar-refractivity contribution >= 4 is 7.82 Å². The average Bonchev–Trinajstić information content (AvgIpc) is 2.31. The molecule has 1 aromatic carbocycles. The van der Waals surface area contributed by atoms with E-state index in [1.54, 1.807) is 0 Å². The predicted octanol–water partition coefficient (Wildman–Crippen LogP) is 0.555. The Morgan fingerprint density at radius 3 is 1.33 bits per heavy atom. The van der Waals surface area contributed by atoms with Crippen LogP contribution < -0.4 is 5.64 Å². The Balaban J connectivity index is 0.000000258. The Morgan fingerprint density at radius 1 is 1.00 bits per heavy atom. The molecule has 2 bridgehead atoms. The van der Waals surface area contributed by atoms with Crippen LogP contribution in [0.4, 0.5) is 0 Å². The van der Waals surface area contributed by atoms with Gasteiger partial charge in [0.1, 0.15) is 0 Å². The van der Waals surface area contributed by atoms with Crippen molar-refractivity contribution < 1.29 is 28.9 Å². The van der Waals surface area contributed by atoms with Crippen LogP contribution in [0.25, 0.3) is 0 Å². The molecule has 18 heavy (non-hydrogen) atoms. The average molecular weight is 279 g/mol. The van der Waals surface area contributed by atoms with Gasteiger partial charge in [-0.1, -0.05) is 29.9 Å². The number of hydrogen-bond acceptors (Lipinski definition) is 4. The second-order valence-electron chi connectivity index (χ2n) is 3.32. The van der Waals surface area contributed by atoms with Gasteiger partial charge in [0.05, 0.1) is 14.2 Å². The first-order chi connectivity index (χ1) is 8.36. The fourth-order valence-corrected chi connectivity index (χ4v) is 1.24. The van der Waals surface area contributed by atoms with Crippen LogP contribution in [-0.4, -0.2) is 28.9 Å². The van der Waals surface area contributed by atoms with Gasteiger partial charge in [0, 0.05) is 0 Å². The van der Waals surface area contributed by atoms with E-state index in [2.05, 4.69) is 39.6 Å². The number of benzene rings is 1. The third kappa shape index (κ3) is 11.7. The molecule has 7 nitrogen and oxygen atoms in total. The summed E-state index contributed by atoms with van der Waals surface area (Å²) in [7, 11) is -1.69. The second-order valence-corrected chi connectivity index (χ2v) is 4.35. The molecule has 2 aliphatic carbocycles. The standard InChI is InChI=1S/C8H8.C2H7NO2.H3O4P/c1-2-8-5-3-7(1)4-6-8;1-4-3-5-2;1-5(2,3)4/h1-3,5H,4,6H2;3H,1-2H3;(H3,1,2,3,4). The van der Waals surface area contributed by atoms with Gasteiger partial charge in [-0.2, -0.15) is 0 Å². The maximum Gasteiger partial charge on any atom is 0.466 e. The molecular formula is C10H18NO6P. The fraction of sp³-hybridized carbons (Fsp3) is 0.400. The Labute approximate surface area is 106 Å². The molecule has 0 aromatic heterocycles. The molecule has 2 aliphatic rings. The summed E-state index contributed by atoms with van der Waals surface area (Å²) in [5, 5.41) is 0. The number of hydrogen-bond donors (Lipinski definition) is 4. The molecule has 0 saturated heterocycles. The van der Waals surface area contributed by atoms with Gasteiger partial charge >= 0.3 is 7.82 Å². The zero-order chi connectivity index (χ0) is 14.0. The van der Waals surface area contributed by atoms with E-state index in [4.69, 9.17) is 19.2 Å². The van der Waals surface area contributed by atoms with E-state index in [1.165, 1.54) is 38.2 Å². The van der Waals surface area contributed by atoms with Gasteiger partial charge in [-0.15, -0.1) is 0 Å². The van der Waals surface area contributed by atoms with Crippen molar-refractivity contribution in [2.24, 2.45) is 0 Å². The van der Waals surface area contributed by atoms with Gasteiger partial charge in [0.2, 0.25) is 0 Å². The lowest BCUT2D eigenvalue weighted by Gasteiger charge is -2.09. The van der Waals surface area contributed by atoms with E-state index < -0.39 is 7.82 Å². The second kappa shape index (κ2) is 9.18. The highest BCUT2D eigenvalue weighted by Gasteiger charge is 2.01. The number of rotatable bonds is 2. The highest BCUT2D eigenvalue weighted by atomic mass is 31.2. The Morgan fingerprint density at radius 2 is 1.28 bits per heavy atom. The molecule has 0 atom stereocenters. The number of phosphoric acid groups is 1. The topological polar surface area (TPSA) is 108 Å². The maximum atomic E-state index is 8.88. The molecule has 8 heteroatoms. The van der Waals surface area contributed by atoms with E-state index in [0.717, 1.165) is 0 Å². The van der Waals surface area contributed by atoms with E-state index in [-0.39, 0.29) is 0 Å². The SMILES string of the molecule is CONOC.O=P(O)(O)O.c1cc2ccc1CC2. The van der Waals surface area contributed by atoms with E-state index >= 15 is 0 Å². The fourth-order valence-electron chi connectivity index (χ4n) is 1.24.